The molecule has 0 unspecified atom stereocenters. The summed E-state index contributed by atoms with van der Waals surface area (Å²) in [7, 11) is 3.99. The van der Waals surface area contributed by atoms with Crippen molar-refractivity contribution in [2.24, 2.45) is 5.41 Å². The number of amides is 2. The Balaban J connectivity index is 2.85. The Morgan fingerprint density at radius 1 is 1.26 bits per heavy atom. The van der Waals surface area contributed by atoms with Crippen molar-refractivity contribution in [3.8, 4) is 0 Å². The number of carbonyl (C=O) groups excluding carboxylic acids is 1. The number of carbonyl (C=O) groups is 1. The van der Waals surface area contributed by atoms with E-state index in [4.69, 9.17) is 5.11 Å². The van der Waals surface area contributed by atoms with Crippen LogP contribution in [0.4, 0.5) is 16.2 Å². The molecule has 0 fully saturated rings. The van der Waals surface area contributed by atoms with E-state index in [9.17, 15) is 4.79 Å². The Bertz CT molecular complexity index is 521. The minimum Gasteiger partial charge on any atom is -0.396 e. The van der Waals surface area contributed by atoms with Crippen LogP contribution in [0.15, 0.2) is 18.2 Å². The zero-order valence-corrected chi connectivity index (χ0v) is 15.3. The number of rotatable bonds is 6. The number of nitrogens with one attached hydrogen (secondary N) is 1. The second-order valence-electron chi connectivity index (χ2n) is 7.38. The number of nitrogens with zero attached hydrogens (tertiary/aromatic N) is 2. The van der Waals surface area contributed by atoms with E-state index in [1.54, 1.807) is 4.90 Å². The third kappa shape index (κ3) is 6.48. The molecule has 0 saturated carbocycles. The summed E-state index contributed by atoms with van der Waals surface area (Å²) < 4.78 is 0. The van der Waals surface area contributed by atoms with E-state index in [-0.39, 0.29) is 18.1 Å². The first kappa shape index (κ1) is 19.3. The van der Waals surface area contributed by atoms with Crippen molar-refractivity contribution in [2.45, 2.75) is 34.1 Å². The highest BCUT2D eigenvalue weighted by Crippen LogP contribution is 2.22. The van der Waals surface area contributed by atoms with Crippen LogP contribution in [0, 0.1) is 12.3 Å². The van der Waals surface area contributed by atoms with Gasteiger partial charge < -0.3 is 20.2 Å². The molecule has 0 saturated heterocycles. The Labute approximate surface area is 140 Å². The van der Waals surface area contributed by atoms with Crippen LogP contribution < -0.4 is 10.2 Å². The summed E-state index contributed by atoms with van der Waals surface area (Å²) in [5.74, 6) is 0. The number of anilines is 2. The summed E-state index contributed by atoms with van der Waals surface area (Å²) in [6, 6.07) is 5.86. The molecule has 2 N–H and O–H groups in total. The second kappa shape index (κ2) is 8.20. The zero-order chi connectivity index (χ0) is 17.6. The van der Waals surface area contributed by atoms with Crippen molar-refractivity contribution < 1.29 is 9.90 Å². The number of aryl methyl sites for hydroxylation is 1. The number of benzene rings is 1. The first-order valence-electron chi connectivity index (χ1n) is 8.09. The fourth-order valence-corrected chi connectivity index (χ4v) is 2.35. The lowest BCUT2D eigenvalue weighted by atomic mass is 9.96. The van der Waals surface area contributed by atoms with Crippen molar-refractivity contribution in [2.75, 3.05) is 44.0 Å². The molecule has 0 aromatic heterocycles. The highest BCUT2D eigenvalue weighted by Gasteiger charge is 2.21. The molecule has 1 aromatic rings. The maximum atomic E-state index is 12.6. The van der Waals surface area contributed by atoms with Gasteiger partial charge in [-0.15, -0.1) is 0 Å². The molecule has 0 bridgehead atoms. The van der Waals surface area contributed by atoms with E-state index >= 15 is 0 Å². The monoisotopic (exact) mass is 321 g/mol. The van der Waals surface area contributed by atoms with E-state index in [0.717, 1.165) is 16.9 Å². The molecular formula is C18H31N3O2. The van der Waals surface area contributed by atoms with Gasteiger partial charge in [-0.3, -0.25) is 0 Å². The standard InChI is InChI=1S/C18H31N3O2/c1-14-12-15(20(5)6)8-9-16(14)19-17(23)21(10-7-11-22)13-18(2,3)4/h8-9,12,22H,7,10-11,13H2,1-6H3,(H,19,23). The molecule has 0 spiro atoms. The van der Waals surface area contributed by atoms with Crippen molar-refractivity contribution in [3.05, 3.63) is 23.8 Å². The van der Waals surface area contributed by atoms with Crippen LogP contribution >= 0.6 is 0 Å². The summed E-state index contributed by atoms with van der Waals surface area (Å²) in [5.41, 5.74) is 2.97. The maximum Gasteiger partial charge on any atom is 0.321 e. The van der Waals surface area contributed by atoms with Crippen LogP contribution in [0.5, 0.6) is 0 Å². The molecule has 5 heteroatoms. The van der Waals surface area contributed by atoms with Gasteiger partial charge in [-0.2, -0.15) is 0 Å². The van der Waals surface area contributed by atoms with Crippen LogP contribution in [0.25, 0.3) is 0 Å². The molecule has 0 aliphatic carbocycles. The molecule has 0 aliphatic rings. The second-order valence-corrected chi connectivity index (χ2v) is 7.38. The largest absolute Gasteiger partial charge is 0.396 e. The third-order valence-corrected chi connectivity index (χ3v) is 3.51. The quantitative estimate of drug-likeness (QED) is 0.845. The molecule has 2 amide bonds. The Morgan fingerprint density at radius 3 is 2.39 bits per heavy atom. The van der Waals surface area contributed by atoms with Crippen molar-refractivity contribution >= 4 is 17.4 Å². The average molecular weight is 321 g/mol. The smallest absolute Gasteiger partial charge is 0.321 e. The average Bonchev–Trinajstić information content (AvgIpc) is 2.44. The van der Waals surface area contributed by atoms with Crippen LogP contribution in [0.1, 0.15) is 32.8 Å². The predicted molar refractivity (Wildman–Crippen MR) is 97.3 cm³/mol. The Kier molecular flexibility index (Phi) is 6.88. The molecule has 130 valence electrons. The van der Waals surface area contributed by atoms with E-state index in [1.807, 2.05) is 38.1 Å². The molecule has 23 heavy (non-hydrogen) atoms. The SMILES string of the molecule is Cc1cc(N(C)C)ccc1NC(=O)N(CCCO)CC(C)(C)C. The number of aliphatic hydroxyl groups is 1. The molecule has 0 radical (unpaired) electrons. The highest BCUT2D eigenvalue weighted by atomic mass is 16.3. The topological polar surface area (TPSA) is 55.8 Å². The lowest BCUT2D eigenvalue weighted by Gasteiger charge is -2.30. The van der Waals surface area contributed by atoms with Gasteiger partial charge in [-0.1, -0.05) is 20.8 Å². The highest BCUT2D eigenvalue weighted by molar-refractivity contribution is 5.90. The summed E-state index contributed by atoms with van der Waals surface area (Å²) >= 11 is 0. The normalized spacial score (nSPS) is 11.3. The van der Waals surface area contributed by atoms with Gasteiger partial charge in [-0.05, 0) is 42.5 Å². The maximum absolute atomic E-state index is 12.6. The number of hydrogen-bond acceptors (Lipinski definition) is 3. The van der Waals surface area contributed by atoms with Crippen LogP contribution in [-0.2, 0) is 0 Å². The van der Waals surface area contributed by atoms with Gasteiger partial charge in [0.25, 0.3) is 0 Å². The fourth-order valence-electron chi connectivity index (χ4n) is 2.35. The third-order valence-electron chi connectivity index (χ3n) is 3.51. The van der Waals surface area contributed by atoms with Gasteiger partial charge in [0.2, 0.25) is 0 Å². The molecular weight excluding hydrogens is 290 g/mol. The van der Waals surface area contributed by atoms with Gasteiger partial charge in [0.15, 0.2) is 0 Å². The summed E-state index contributed by atoms with van der Waals surface area (Å²) in [5, 5.41) is 12.0. The van der Waals surface area contributed by atoms with E-state index in [0.29, 0.717) is 19.5 Å². The van der Waals surface area contributed by atoms with E-state index < -0.39 is 0 Å². The zero-order valence-electron chi connectivity index (χ0n) is 15.3. The van der Waals surface area contributed by atoms with Crippen LogP contribution in [0.3, 0.4) is 0 Å². The van der Waals surface area contributed by atoms with Gasteiger partial charge in [-0.25, -0.2) is 4.79 Å². The molecule has 1 aromatic carbocycles. The summed E-state index contributed by atoms with van der Waals surface area (Å²) in [4.78, 5) is 16.4. The minimum atomic E-state index is -0.117. The van der Waals surface area contributed by atoms with E-state index in [2.05, 4.69) is 32.2 Å². The van der Waals surface area contributed by atoms with Crippen molar-refractivity contribution in [1.82, 2.24) is 4.90 Å². The molecule has 0 atom stereocenters. The molecule has 0 heterocycles. The van der Waals surface area contributed by atoms with Crippen molar-refractivity contribution in [1.29, 1.82) is 0 Å². The number of hydrogen-bond donors (Lipinski definition) is 2. The van der Waals surface area contributed by atoms with Gasteiger partial charge in [0.1, 0.15) is 0 Å². The first-order valence-corrected chi connectivity index (χ1v) is 8.09. The minimum absolute atomic E-state index is 0.0105. The molecule has 0 aliphatic heterocycles. The lowest BCUT2D eigenvalue weighted by Crippen LogP contribution is -2.41. The predicted octanol–water partition coefficient (Wildman–Crippen LogP) is 3.32. The van der Waals surface area contributed by atoms with E-state index in [1.165, 1.54) is 0 Å². The first-order chi connectivity index (χ1) is 10.6. The van der Waals surface area contributed by atoms with Gasteiger partial charge in [0, 0.05) is 45.2 Å². The van der Waals surface area contributed by atoms with Crippen LogP contribution in [-0.4, -0.2) is 49.8 Å². The number of urea groups is 1. The molecule has 1 rings (SSSR count). The van der Waals surface area contributed by atoms with Crippen molar-refractivity contribution in [3.63, 3.8) is 0 Å². The molecule has 5 nitrogen and oxygen atoms in total. The summed E-state index contributed by atoms with van der Waals surface area (Å²) in [6.07, 6.45) is 0.585. The Morgan fingerprint density at radius 2 is 1.91 bits per heavy atom. The fraction of sp³-hybridized carbons (Fsp3) is 0.611. The number of aliphatic hydroxyl groups excluding tert-OH is 1. The lowest BCUT2D eigenvalue weighted by molar-refractivity contribution is 0.176. The van der Waals surface area contributed by atoms with Crippen LogP contribution in [0.2, 0.25) is 0 Å². The Hall–Kier alpha value is -1.75. The van der Waals surface area contributed by atoms with Gasteiger partial charge >= 0.3 is 6.03 Å². The van der Waals surface area contributed by atoms with Gasteiger partial charge in [0.05, 0.1) is 0 Å². The summed E-state index contributed by atoms with van der Waals surface area (Å²) in [6.45, 7) is 9.58.